The Kier molecular flexibility index (Phi) is 7.11. The van der Waals surface area contributed by atoms with E-state index in [4.69, 9.17) is 14.2 Å². The van der Waals surface area contributed by atoms with Crippen molar-refractivity contribution in [2.75, 3.05) is 31.8 Å². The van der Waals surface area contributed by atoms with Gasteiger partial charge in [-0.15, -0.1) is 0 Å². The first-order chi connectivity index (χ1) is 11.1. The van der Waals surface area contributed by atoms with E-state index in [0.29, 0.717) is 16.1 Å². The summed E-state index contributed by atoms with van der Waals surface area (Å²) in [5, 5.41) is 0. The lowest BCUT2D eigenvalue weighted by molar-refractivity contribution is 0.0134. The molecule has 0 fully saturated rings. The fourth-order valence-corrected chi connectivity index (χ4v) is 2.34. The summed E-state index contributed by atoms with van der Waals surface area (Å²) in [5.74, 6) is 0.726. The third-order valence-electron chi connectivity index (χ3n) is 2.63. The number of thioether (sulfide) groups is 1. The predicted molar refractivity (Wildman–Crippen MR) is 92.5 cm³/mol. The van der Waals surface area contributed by atoms with Gasteiger partial charge in [-0.25, -0.2) is 14.8 Å². The third-order valence-corrected chi connectivity index (χ3v) is 3.72. The molecule has 11 heteroatoms. The molecule has 2 aromatic heterocycles. The maximum absolute atomic E-state index is 11.7. The van der Waals surface area contributed by atoms with Crippen molar-refractivity contribution in [3.63, 3.8) is 0 Å². The van der Waals surface area contributed by atoms with Gasteiger partial charge in [0.25, 0.3) is 5.56 Å². The van der Waals surface area contributed by atoms with Crippen molar-refractivity contribution in [2.45, 2.75) is 6.73 Å². The Balaban J connectivity index is 1.75. The molecule has 0 saturated heterocycles. The van der Waals surface area contributed by atoms with E-state index in [-0.39, 0.29) is 31.0 Å². The van der Waals surface area contributed by atoms with Crippen LogP contribution in [0.15, 0.2) is 11.1 Å². The number of H-pyrrole nitrogens is 1. The quantitative estimate of drug-likeness (QED) is 0.275. The molecule has 2 aromatic rings. The Morgan fingerprint density at radius 3 is 2.96 bits per heavy atom. The zero-order chi connectivity index (χ0) is 16.7. The smallest absolute Gasteiger partial charge is 0.433 e. The van der Waals surface area contributed by atoms with E-state index < -0.39 is 6.16 Å². The molecule has 0 aliphatic carbocycles. The minimum atomic E-state index is -0.710. The molecule has 9 nitrogen and oxygen atoms in total. The number of rotatable bonds is 8. The van der Waals surface area contributed by atoms with Gasteiger partial charge in [-0.2, -0.15) is 11.8 Å². The number of carbonyl (C=O) groups is 1. The molecular weight excluding hydrogens is 439 g/mol. The number of aromatic amines is 1. The predicted octanol–water partition coefficient (Wildman–Crippen LogP) is 1.21. The highest BCUT2D eigenvalue weighted by atomic mass is 127. The van der Waals surface area contributed by atoms with Crippen molar-refractivity contribution in [1.29, 1.82) is 0 Å². The highest BCUT2D eigenvalue weighted by Gasteiger charge is 2.09. The molecule has 2 rings (SSSR count). The first-order valence-electron chi connectivity index (χ1n) is 6.58. The van der Waals surface area contributed by atoms with Crippen molar-refractivity contribution in [2.24, 2.45) is 0 Å². The Hall–Kier alpha value is -1.34. The van der Waals surface area contributed by atoms with Gasteiger partial charge in [0.2, 0.25) is 0 Å². The van der Waals surface area contributed by atoms with Crippen molar-refractivity contribution >= 4 is 51.7 Å². The van der Waals surface area contributed by atoms with Gasteiger partial charge >= 0.3 is 6.16 Å². The molecular formula is C12H15IN4O5S. The first-order valence-corrected chi connectivity index (χ1v) is 9.06. The molecule has 0 saturated carbocycles. The van der Waals surface area contributed by atoms with Crippen LogP contribution in [0.4, 0.5) is 4.79 Å². The summed E-state index contributed by atoms with van der Waals surface area (Å²) in [5.41, 5.74) is 0.396. The minimum absolute atomic E-state index is 0.0796. The van der Waals surface area contributed by atoms with Crippen LogP contribution in [0.2, 0.25) is 0 Å². The zero-order valence-corrected chi connectivity index (χ0v) is 15.3. The molecule has 23 heavy (non-hydrogen) atoms. The summed E-state index contributed by atoms with van der Waals surface area (Å²) >= 11 is 3.50. The number of nitrogens with zero attached hydrogens (tertiary/aromatic N) is 3. The number of fused-ring (bicyclic) bond motifs is 1. The molecule has 0 aliphatic heterocycles. The molecule has 0 spiro atoms. The zero-order valence-electron chi connectivity index (χ0n) is 12.3. The topological polar surface area (TPSA) is 108 Å². The van der Waals surface area contributed by atoms with E-state index in [9.17, 15) is 9.59 Å². The van der Waals surface area contributed by atoms with E-state index in [1.165, 1.54) is 6.33 Å². The fraction of sp³-hybridized carbons (Fsp3) is 0.500. The second-order valence-corrected chi connectivity index (χ2v) is 6.23. The van der Waals surface area contributed by atoms with Gasteiger partial charge < -0.3 is 14.2 Å². The van der Waals surface area contributed by atoms with Crippen LogP contribution >= 0.6 is 34.4 Å². The van der Waals surface area contributed by atoms with Gasteiger partial charge in [0.1, 0.15) is 19.9 Å². The van der Waals surface area contributed by atoms with E-state index in [1.807, 2.05) is 28.8 Å². The third kappa shape index (κ3) is 5.35. The first kappa shape index (κ1) is 18.0. The molecule has 0 radical (unpaired) electrons. The fourth-order valence-electron chi connectivity index (χ4n) is 1.62. The van der Waals surface area contributed by atoms with Crippen LogP contribution in [-0.2, 0) is 20.9 Å². The SMILES string of the molecule is CSCCOC(=O)OCCOCn1cnc2c(=O)[nH]c(I)nc21. The summed E-state index contributed by atoms with van der Waals surface area (Å²) in [6.45, 7) is 0.739. The standard InChI is InChI=1S/C12H15IN4O5S/c1-23-5-4-22-12(19)21-3-2-20-7-17-6-14-8-9(17)15-11(13)16-10(8)18/h6H,2-5,7H2,1H3,(H,15,16,18). The van der Waals surface area contributed by atoms with Crippen LogP contribution in [0.25, 0.3) is 11.2 Å². The lowest BCUT2D eigenvalue weighted by Gasteiger charge is -2.07. The average molecular weight is 454 g/mol. The number of ether oxygens (including phenoxy) is 3. The number of hydrogen-bond donors (Lipinski definition) is 1. The van der Waals surface area contributed by atoms with Gasteiger partial charge in [-0.05, 0) is 28.8 Å². The summed E-state index contributed by atoms with van der Waals surface area (Å²) in [6, 6.07) is 0. The van der Waals surface area contributed by atoms with Crippen molar-refractivity contribution in [3.05, 3.63) is 20.5 Å². The number of carbonyl (C=O) groups excluding carboxylic acids is 1. The number of halogens is 1. The van der Waals surface area contributed by atoms with E-state index >= 15 is 0 Å². The summed E-state index contributed by atoms with van der Waals surface area (Å²) in [4.78, 5) is 33.6. The number of hydrogen-bond acceptors (Lipinski definition) is 8. The Morgan fingerprint density at radius 2 is 2.17 bits per heavy atom. The monoisotopic (exact) mass is 454 g/mol. The highest BCUT2D eigenvalue weighted by molar-refractivity contribution is 14.1. The molecule has 0 aromatic carbocycles. The molecule has 0 aliphatic rings. The van der Waals surface area contributed by atoms with Gasteiger partial charge in [0, 0.05) is 5.75 Å². The molecule has 1 N–H and O–H groups in total. The average Bonchev–Trinajstić information content (AvgIpc) is 2.90. The van der Waals surface area contributed by atoms with E-state index in [0.717, 1.165) is 5.75 Å². The van der Waals surface area contributed by atoms with Crippen molar-refractivity contribution in [1.82, 2.24) is 19.5 Å². The van der Waals surface area contributed by atoms with Crippen molar-refractivity contribution in [3.8, 4) is 0 Å². The Labute approximate surface area is 149 Å². The number of imidazole rings is 1. The largest absolute Gasteiger partial charge is 0.508 e. The Bertz CT molecular complexity index is 719. The molecule has 0 bridgehead atoms. The summed E-state index contributed by atoms with van der Waals surface area (Å²) < 4.78 is 17.1. The molecule has 0 unspecified atom stereocenters. The second-order valence-electron chi connectivity index (χ2n) is 4.22. The maximum Gasteiger partial charge on any atom is 0.508 e. The van der Waals surface area contributed by atoms with Crippen LogP contribution in [0.3, 0.4) is 0 Å². The highest BCUT2D eigenvalue weighted by Crippen LogP contribution is 2.06. The van der Waals surface area contributed by atoms with Gasteiger partial charge in [0.15, 0.2) is 15.0 Å². The van der Waals surface area contributed by atoms with Crippen LogP contribution in [-0.4, -0.2) is 57.5 Å². The minimum Gasteiger partial charge on any atom is -0.433 e. The van der Waals surface area contributed by atoms with Crippen molar-refractivity contribution < 1.29 is 19.0 Å². The Morgan fingerprint density at radius 1 is 1.39 bits per heavy atom. The summed E-state index contributed by atoms with van der Waals surface area (Å²) in [7, 11) is 0. The molecule has 126 valence electrons. The molecule has 0 atom stereocenters. The van der Waals surface area contributed by atoms with Gasteiger partial charge in [-0.1, -0.05) is 0 Å². The van der Waals surface area contributed by atoms with E-state index in [1.54, 1.807) is 16.3 Å². The van der Waals surface area contributed by atoms with Crippen LogP contribution < -0.4 is 5.56 Å². The van der Waals surface area contributed by atoms with Gasteiger partial charge in [0.05, 0.1) is 12.9 Å². The van der Waals surface area contributed by atoms with E-state index in [2.05, 4.69) is 15.0 Å². The molecule has 0 amide bonds. The van der Waals surface area contributed by atoms with Gasteiger partial charge in [-0.3, -0.25) is 14.3 Å². The normalized spacial score (nSPS) is 10.9. The maximum atomic E-state index is 11.7. The summed E-state index contributed by atoms with van der Waals surface area (Å²) in [6.07, 6.45) is 2.69. The number of aromatic nitrogens is 4. The lowest BCUT2D eigenvalue weighted by atomic mass is 10.5. The number of nitrogens with one attached hydrogen (secondary N) is 1. The van der Waals surface area contributed by atoms with Crippen LogP contribution in [0.1, 0.15) is 0 Å². The lowest BCUT2D eigenvalue weighted by Crippen LogP contribution is -2.15. The second kappa shape index (κ2) is 9.08. The molecule has 2 heterocycles. The van der Waals surface area contributed by atoms with Crippen LogP contribution in [0.5, 0.6) is 0 Å². The van der Waals surface area contributed by atoms with Crippen LogP contribution in [0, 0.1) is 3.83 Å².